The molecule has 10 aromatic rings. The third-order valence-electron chi connectivity index (χ3n) is 8.49. The highest BCUT2D eigenvalue weighted by Crippen LogP contribution is 2.47. The lowest BCUT2D eigenvalue weighted by atomic mass is 9.96. The highest BCUT2D eigenvalue weighted by Gasteiger charge is 2.24. The fourth-order valence-electron chi connectivity index (χ4n) is 6.80. The third-order valence-corrected chi connectivity index (χ3v) is 9.61. The van der Waals surface area contributed by atoms with Gasteiger partial charge in [0, 0.05) is 36.3 Å². The largest absolute Gasteiger partial charge is 0.291 e. The van der Waals surface area contributed by atoms with Gasteiger partial charge in [-0.3, -0.25) is 4.40 Å². The molecule has 10 rings (SSSR count). The van der Waals surface area contributed by atoms with Crippen molar-refractivity contribution >= 4 is 91.7 Å². The van der Waals surface area contributed by atoms with Crippen LogP contribution in [0.25, 0.3) is 91.5 Å². The normalized spacial score (nSPS) is 12.5. The molecule has 0 atom stereocenters. The van der Waals surface area contributed by atoms with Gasteiger partial charge < -0.3 is 0 Å². The van der Waals surface area contributed by atoms with Crippen LogP contribution in [0.15, 0.2) is 115 Å². The first-order valence-electron chi connectivity index (χ1n) is 13.5. The molecule has 4 aromatic heterocycles. The van der Waals surface area contributed by atoms with Gasteiger partial charge in [-0.25, -0.2) is 9.97 Å². The first kappa shape index (κ1) is 20.8. The Morgan fingerprint density at radius 2 is 1.32 bits per heavy atom. The number of fused-ring (bicyclic) bond motifs is 12. The van der Waals surface area contributed by atoms with E-state index in [4.69, 9.17) is 9.97 Å². The van der Waals surface area contributed by atoms with E-state index in [9.17, 15) is 0 Å². The van der Waals surface area contributed by atoms with Crippen LogP contribution in [-0.4, -0.2) is 14.4 Å². The molecule has 184 valence electrons. The fraction of sp³-hybridized carbons (Fsp3) is 0. The van der Waals surface area contributed by atoms with E-state index in [0.29, 0.717) is 0 Å². The number of rotatable bonds is 1. The summed E-state index contributed by atoms with van der Waals surface area (Å²) in [6, 6.07) is 41.5. The summed E-state index contributed by atoms with van der Waals surface area (Å²) in [4.78, 5) is 10.3. The zero-order valence-electron chi connectivity index (χ0n) is 21.2. The lowest BCUT2D eigenvalue weighted by Crippen LogP contribution is -1.89. The molecule has 0 unspecified atom stereocenters. The molecule has 0 N–H and O–H groups in total. The number of para-hydroxylation sites is 2. The fourth-order valence-corrected chi connectivity index (χ4v) is 7.95. The molecular formula is C36H19N3S. The summed E-state index contributed by atoms with van der Waals surface area (Å²) < 4.78 is 4.96. The summed E-state index contributed by atoms with van der Waals surface area (Å²) >= 11 is 1.86. The second-order valence-corrected chi connectivity index (χ2v) is 11.7. The van der Waals surface area contributed by atoms with E-state index in [1.165, 1.54) is 69.3 Å². The standard InChI is InChI=1S/C36H19N3S/c1-2-10-22-20(8-1)9-7-12-23(22)21-16-17-29-25(18-21)33-32-24-11-3-6-15-30(24)40-31(32)19-26-34-36(39(29)35(26)33)38-28-14-5-4-13-27(28)37-34/h1-19H. The number of hydrogen-bond acceptors (Lipinski definition) is 3. The minimum absolute atomic E-state index is 0.920. The first-order valence-corrected chi connectivity index (χ1v) is 14.3. The quantitative estimate of drug-likeness (QED) is 0.213. The molecule has 0 saturated heterocycles. The second kappa shape index (κ2) is 7.32. The van der Waals surface area contributed by atoms with E-state index < -0.39 is 0 Å². The van der Waals surface area contributed by atoms with Crippen molar-refractivity contribution in [1.29, 1.82) is 0 Å². The number of benzene rings is 6. The predicted molar refractivity (Wildman–Crippen MR) is 170 cm³/mol. The third kappa shape index (κ3) is 2.54. The van der Waals surface area contributed by atoms with Crippen LogP contribution in [-0.2, 0) is 0 Å². The molecule has 0 bridgehead atoms. The van der Waals surface area contributed by atoms with Gasteiger partial charge in [0.25, 0.3) is 0 Å². The molecule has 3 nitrogen and oxygen atoms in total. The van der Waals surface area contributed by atoms with Gasteiger partial charge in [-0.2, -0.15) is 0 Å². The Balaban J connectivity index is 1.45. The SMILES string of the molecule is c1ccc2c(-c3ccc4c(c3)c3c5c(cc6c7nc8ccccc8nc7n4c63)sc3ccccc35)cccc2c1. The summed E-state index contributed by atoms with van der Waals surface area (Å²) in [5.74, 6) is 0. The Bertz CT molecular complexity index is 2650. The van der Waals surface area contributed by atoms with Gasteiger partial charge in [0.15, 0.2) is 5.65 Å². The second-order valence-electron chi connectivity index (χ2n) is 10.6. The van der Waals surface area contributed by atoms with Crippen molar-refractivity contribution in [3.63, 3.8) is 0 Å². The molecule has 0 aliphatic carbocycles. The monoisotopic (exact) mass is 525 g/mol. The van der Waals surface area contributed by atoms with Crippen LogP contribution < -0.4 is 0 Å². The molecule has 0 spiro atoms. The van der Waals surface area contributed by atoms with Gasteiger partial charge in [0.05, 0.1) is 22.1 Å². The van der Waals surface area contributed by atoms with Crippen LogP contribution in [0.2, 0.25) is 0 Å². The Hall–Kier alpha value is -5.06. The van der Waals surface area contributed by atoms with Crippen molar-refractivity contribution in [3.05, 3.63) is 115 Å². The molecule has 4 heterocycles. The Morgan fingerprint density at radius 3 is 2.25 bits per heavy atom. The topological polar surface area (TPSA) is 30.2 Å². The summed E-state index contributed by atoms with van der Waals surface area (Å²) in [5, 5.41) is 8.90. The van der Waals surface area contributed by atoms with Crippen molar-refractivity contribution in [2.45, 2.75) is 0 Å². The van der Waals surface area contributed by atoms with E-state index in [1.54, 1.807) is 0 Å². The molecular weight excluding hydrogens is 506 g/mol. The van der Waals surface area contributed by atoms with Crippen LogP contribution in [0.4, 0.5) is 0 Å². The van der Waals surface area contributed by atoms with Gasteiger partial charge in [-0.15, -0.1) is 11.3 Å². The van der Waals surface area contributed by atoms with Crippen molar-refractivity contribution in [2.75, 3.05) is 0 Å². The first-order chi connectivity index (χ1) is 19.8. The Kier molecular flexibility index (Phi) is 3.81. The highest BCUT2D eigenvalue weighted by atomic mass is 32.1. The van der Waals surface area contributed by atoms with Crippen molar-refractivity contribution < 1.29 is 0 Å². The van der Waals surface area contributed by atoms with E-state index in [0.717, 1.165) is 22.2 Å². The van der Waals surface area contributed by atoms with Crippen molar-refractivity contribution in [2.24, 2.45) is 0 Å². The summed E-state index contributed by atoms with van der Waals surface area (Å²) in [6.07, 6.45) is 0. The minimum Gasteiger partial charge on any atom is -0.291 e. The van der Waals surface area contributed by atoms with Crippen LogP contribution in [0.3, 0.4) is 0 Å². The van der Waals surface area contributed by atoms with Crippen molar-refractivity contribution in [1.82, 2.24) is 14.4 Å². The Morgan fingerprint density at radius 1 is 0.550 bits per heavy atom. The molecule has 0 aliphatic heterocycles. The van der Waals surface area contributed by atoms with Crippen LogP contribution in [0, 0.1) is 0 Å². The number of aromatic nitrogens is 3. The zero-order valence-corrected chi connectivity index (χ0v) is 22.0. The lowest BCUT2D eigenvalue weighted by molar-refractivity contribution is 1.28. The van der Waals surface area contributed by atoms with Gasteiger partial charge in [0.1, 0.15) is 5.52 Å². The molecule has 0 amide bonds. The highest BCUT2D eigenvalue weighted by molar-refractivity contribution is 7.26. The van der Waals surface area contributed by atoms with E-state index in [2.05, 4.69) is 108 Å². The zero-order chi connectivity index (χ0) is 25.9. The van der Waals surface area contributed by atoms with Crippen LogP contribution in [0.1, 0.15) is 0 Å². The summed E-state index contributed by atoms with van der Waals surface area (Å²) in [6.45, 7) is 0. The smallest absolute Gasteiger partial charge is 0.165 e. The molecule has 0 aliphatic rings. The van der Waals surface area contributed by atoms with Gasteiger partial charge in [-0.1, -0.05) is 78.9 Å². The molecule has 4 heteroatoms. The summed E-state index contributed by atoms with van der Waals surface area (Å²) in [5.41, 5.74) is 8.62. The Labute approximate surface area is 231 Å². The maximum atomic E-state index is 5.18. The maximum absolute atomic E-state index is 5.18. The predicted octanol–water partition coefficient (Wildman–Crippen LogP) is 9.97. The van der Waals surface area contributed by atoms with Crippen molar-refractivity contribution in [3.8, 4) is 11.1 Å². The van der Waals surface area contributed by atoms with Gasteiger partial charge >= 0.3 is 0 Å². The number of hydrogen-bond donors (Lipinski definition) is 0. The average Bonchev–Trinajstić information content (AvgIpc) is 3.65. The molecule has 0 fully saturated rings. The molecule has 40 heavy (non-hydrogen) atoms. The van der Waals surface area contributed by atoms with Crippen LogP contribution in [0.5, 0.6) is 0 Å². The van der Waals surface area contributed by atoms with Gasteiger partial charge in [-0.05, 0) is 58.3 Å². The lowest BCUT2D eigenvalue weighted by Gasteiger charge is -2.08. The van der Waals surface area contributed by atoms with Gasteiger partial charge in [0.2, 0.25) is 0 Å². The summed E-state index contributed by atoms with van der Waals surface area (Å²) in [7, 11) is 0. The maximum Gasteiger partial charge on any atom is 0.165 e. The molecule has 0 saturated carbocycles. The van der Waals surface area contributed by atoms with E-state index in [1.807, 2.05) is 23.5 Å². The number of nitrogens with zero attached hydrogens (tertiary/aromatic N) is 3. The molecule has 6 aromatic carbocycles. The van der Waals surface area contributed by atoms with E-state index >= 15 is 0 Å². The van der Waals surface area contributed by atoms with E-state index in [-0.39, 0.29) is 0 Å². The molecule has 0 radical (unpaired) electrons. The van der Waals surface area contributed by atoms with Crippen LogP contribution >= 0.6 is 11.3 Å². The minimum atomic E-state index is 0.920. The number of thiophene rings is 1. The average molecular weight is 526 g/mol.